The number of hydrogen-bond donors (Lipinski definition) is 1. The van der Waals surface area contributed by atoms with Crippen LogP contribution in [0.1, 0.15) is 38.2 Å². The van der Waals surface area contributed by atoms with E-state index in [0.717, 1.165) is 13.0 Å². The standard InChI is InChI=1S/C15H22N2O/c1-11(2)13-6-4-5-7-14(13)16-12-8-9-15(18)17(3)10-12/h4-7,11-12,16H,8-10H2,1-3H3/t12-/m1/s1. The number of hydrogen-bond acceptors (Lipinski definition) is 2. The summed E-state index contributed by atoms with van der Waals surface area (Å²) < 4.78 is 0. The fourth-order valence-electron chi connectivity index (χ4n) is 2.48. The summed E-state index contributed by atoms with van der Waals surface area (Å²) in [7, 11) is 1.88. The van der Waals surface area contributed by atoms with Gasteiger partial charge in [0.15, 0.2) is 0 Å². The fraction of sp³-hybridized carbons (Fsp3) is 0.533. The Kier molecular flexibility index (Phi) is 3.90. The highest BCUT2D eigenvalue weighted by Gasteiger charge is 2.23. The van der Waals surface area contributed by atoms with Crippen molar-refractivity contribution in [1.82, 2.24) is 4.90 Å². The van der Waals surface area contributed by atoms with Crippen LogP contribution in [-0.2, 0) is 4.79 Å². The third-order valence-electron chi connectivity index (χ3n) is 3.57. The molecule has 0 bridgehead atoms. The molecular formula is C15H22N2O. The van der Waals surface area contributed by atoms with Crippen LogP contribution < -0.4 is 5.32 Å². The molecule has 98 valence electrons. The van der Waals surface area contributed by atoms with E-state index in [1.165, 1.54) is 11.3 Å². The van der Waals surface area contributed by atoms with E-state index in [0.29, 0.717) is 18.4 Å². The van der Waals surface area contributed by atoms with Gasteiger partial charge in [-0.05, 0) is 24.0 Å². The summed E-state index contributed by atoms with van der Waals surface area (Å²) in [5.74, 6) is 0.766. The van der Waals surface area contributed by atoms with E-state index in [2.05, 4.69) is 43.4 Å². The summed E-state index contributed by atoms with van der Waals surface area (Å²) in [6, 6.07) is 8.81. The van der Waals surface area contributed by atoms with Gasteiger partial charge in [-0.2, -0.15) is 0 Å². The SMILES string of the molecule is CC(C)c1ccccc1N[C@@H]1CCC(=O)N(C)C1. The second-order valence-corrected chi connectivity index (χ2v) is 5.40. The molecule has 1 aliphatic rings. The molecule has 1 aromatic carbocycles. The first-order chi connectivity index (χ1) is 8.58. The molecule has 0 aromatic heterocycles. The van der Waals surface area contributed by atoms with E-state index in [1.54, 1.807) is 0 Å². The minimum absolute atomic E-state index is 0.255. The number of nitrogens with one attached hydrogen (secondary N) is 1. The number of carbonyl (C=O) groups excluding carboxylic acids is 1. The van der Waals surface area contributed by atoms with Gasteiger partial charge in [-0.1, -0.05) is 32.0 Å². The molecule has 1 atom stereocenters. The summed E-state index contributed by atoms with van der Waals surface area (Å²) in [5, 5.41) is 3.59. The smallest absolute Gasteiger partial charge is 0.222 e. The van der Waals surface area contributed by atoms with E-state index in [4.69, 9.17) is 0 Å². The van der Waals surface area contributed by atoms with Crippen molar-refractivity contribution < 1.29 is 4.79 Å². The van der Waals surface area contributed by atoms with E-state index in [1.807, 2.05) is 11.9 Å². The van der Waals surface area contributed by atoms with Crippen LogP contribution in [-0.4, -0.2) is 30.4 Å². The second kappa shape index (κ2) is 5.42. The Labute approximate surface area is 109 Å². The van der Waals surface area contributed by atoms with Gasteiger partial charge in [0.25, 0.3) is 0 Å². The van der Waals surface area contributed by atoms with E-state index in [9.17, 15) is 4.79 Å². The van der Waals surface area contributed by atoms with Gasteiger partial charge in [-0.15, -0.1) is 0 Å². The molecular weight excluding hydrogens is 224 g/mol. The van der Waals surface area contributed by atoms with Crippen molar-refractivity contribution in [2.24, 2.45) is 0 Å². The third-order valence-corrected chi connectivity index (χ3v) is 3.57. The van der Waals surface area contributed by atoms with Gasteiger partial charge in [0.1, 0.15) is 0 Å². The average Bonchev–Trinajstić information content (AvgIpc) is 2.34. The van der Waals surface area contributed by atoms with Crippen LogP contribution in [0.15, 0.2) is 24.3 Å². The van der Waals surface area contributed by atoms with Crippen molar-refractivity contribution in [3.05, 3.63) is 29.8 Å². The number of carbonyl (C=O) groups is 1. The maximum absolute atomic E-state index is 11.5. The topological polar surface area (TPSA) is 32.3 Å². The van der Waals surface area contributed by atoms with Crippen LogP contribution in [0.2, 0.25) is 0 Å². The van der Waals surface area contributed by atoms with Crippen LogP contribution in [0.25, 0.3) is 0 Å². The van der Waals surface area contributed by atoms with Crippen LogP contribution in [0.5, 0.6) is 0 Å². The van der Waals surface area contributed by atoms with Crippen molar-refractivity contribution in [2.75, 3.05) is 18.9 Å². The molecule has 18 heavy (non-hydrogen) atoms. The Morgan fingerprint density at radius 2 is 2.06 bits per heavy atom. The predicted molar refractivity (Wildman–Crippen MR) is 74.8 cm³/mol. The monoisotopic (exact) mass is 246 g/mol. The first-order valence-corrected chi connectivity index (χ1v) is 6.67. The van der Waals surface area contributed by atoms with Gasteiger partial charge in [0.2, 0.25) is 5.91 Å². The van der Waals surface area contributed by atoms with Crippen molar-refractivity contribution in [3.63, 3.8) is 0 Å². The number of benzene rings is 1. The number of likely N-dealkylation sites (tertiary alicyclic amines) is 1. The molecule has 1 aliphatic heterocycles. The van der Waals surface area contributed by atoms with Gasteiger partial charge < -0.3 is 10.2 Å². The molecule has 1 aromatic rings. The van der Waals surface area contributed by atoms with Crippen molar-refractivity contribution in [1.29, 1.82) is 0 Å². The molecule has 1 N–H and O–H groups in total. The predicted octanol–water partition coefficient (Wildman–Crippen LogP) is 2.84. The van der Waals surface area contributed by atoms with Crippen molar-refractivity contribution in [2.45, 2.75) is 38.6 Å². The normalized spacial score (nSPS) is 20.3. The zero-order valence-electron chi connectivity index (χ0n) is 11.4. The Morgan fingerprint density at radius 1 is 1.33 bits per heavy atom. The van der Waals surface area contributed by atoms with Crippen molar-refractivity contribution in [3.8, 4) is 0 Å². The average molecular weight is 246 g/mol. The quantitative estimate of drug-likeness (QED) is 0.889. The Balaban J connectivity index is 2.08. The first-order valence-electron chi connectivity index (χ1n) is 6.67. The molecule has 0 saturated carbocycles. The molecule has 0 spiro atoms. The van der Waals surface area contributed by atoms with Crippen LogP contribution in [0, 0.1) is 0 Å². The minimum atomic E-state index is 0.255. The highest BCUT2D eigenvalue weighted by molar-refractivity contribution is 5.77. The number of anilines is 1. The molecule has 1 saturated heterocycles. The maximum Gasteiger partial charge on any atom is 0.222 e. The second-order valence-electron chi connectivity index (χ2n) is 5.40. The highest BCUT2D eigenvalue weighted by Crippen LogP contribution is 2.25. The molecule has 1 fully saturated rings. The summed E-state index contributed by atoms with van der Waals surface area (Å²) in [6.45, 7) is 5.21. The molecule has 1 amide bonds. The largest absolute Gasteiger partial charge is 0.380 e. The number of nitrogens with zero attached hydrogens (tertiary/aromatic N) is 1. The maximum atomic E-state index is 11.5. The van der Waals surface area contributed by atoms with Gasteiger partial charge in [0.05, 0.1) is 0 Å². The van der Waals surface area contributed by atoms with E-state index < -0.39 is 0 Å². The van der Waals surface area contributed by atoms with Crippen molar-refractivity contribution >= 4 is 11.6 Å². The third kappa shape index (κ3) is 2.84. The Morgan fingerprint density at radius 3 is 2.72 bits per heavy atom. The summed E-state index contributed by atoms with van der Waals surface area (Å²) >= 11 is 0. The lowest BCUT2D eigenvalue weighted by Gasteiger charge is -2.31. The Hall–Kier alpha value is -1.51. The first kappa shape index (κ1) is 12.9. The summed E-state index contributed by atoms with van der Waals surface area (Å²) in [4.78, 5) is 13.3. The number of para-hydroxylation sites is 1. The number of amides is 1. The lowest BCUT2D eigenvalue weighted by atomic mass is 9.99. The van der Waals surface area contributed by atoms with E-state index in [-0.39, 0.29) is 5.91 Å². The lowest BCUT2D eigenvalue weighted by molar-refractivity contribution is -0.132. The molecule has 0 unspecified atom stereocenters. The zero-order valence-corrected chi connectivity index (χ0v) is 11.4. The minimum Gasteiger partial charge on any atom is -0.380 e. The van der Waals surface area contributed by atoms with Gasteiger partial charge in [-0.3, -0.25) is 4.79 Å². The molecule has 0 radical (unpaired) electrons. The number of rotatable bonds is 3. The van der Waals surface area contributed by atoms with Gasteiger partial charge in [-0.25, -0.2) is 0 Å². The van der Waals surface area contributed by atoms with Crippen LogP contribution in [0.4, 0.5) is 5.69 Å². The summed E-state index contributed by atoms with van der Waals surface area (Å²) in [5.41, 5.74) is 2.55. The number of likely N-dealkylation sites (N-methyl/N-ethyl adjacent to an activating group) is 1. The summed E-state index contributed by atoms with van der Waals surface area (Å²) in [6.07, 6.45) is 1.58. The van der Waals surface area contributed by atoms with Crippen LogP contribution >= 0.6 is 0 Å². The zero-order chi connectivity index (χ0) is 13.1. The highest BCUT2D eigenvalue weighted by atomic mass is 16.2. The fourth-order valence-corrected chi connectivity index (χ4v) is 2.48. The molecule has 3 heteroatoms. The van der Waals surface area contributed by atoms with E-state index >= 15 is 0 Å². The molecule has 1 heterocycles. The van der Waals surface area contributed by atoms with Gasteiger partial charge >= 0.3 is 0 Å². The molecule has 0 aliphatic carbocycles. The molecule has 3 nitrogen and oxygen atoms in total. The lowest BCUT2D eigenvalue weighted by Crippen LogP contribution is -2.43. The molecule has 2 rings (SSSR count). The Bertz CT molecular complexity index is 428. The number of piperidine rings is 1. The van der Waals surface area contributed by atoms with Gasteiger partial charge in [0, 0.05) is 31.7 Å². The van der Waals surface area contributed by atoms with Crippen LogP contribution in [0.3, 0.4) is 0 Å².